The van der Waals surface area contributed by atoms with E-state index in [0.717, 1.165) is 18.5 Å². The van der Waals surface area contributed by atoms with Crippen LogP contribution >= 0.6 is 0 Å². The van der Waals surface area contributed by atoms with Crippen LogP contribution in [0.4, 0.5) is 0 Å². The van der Waals surface area contributed by atoms with E-state index in [9.17, 15) is 4.79 Å². The molecular formula is C14H19NO5. The highest BCUT2D eigenvalue weighted by Crippen LogP contribution is 2.38. The summed E-state index contributed by atoms with van der Waals surface area (Å²) in [5.74, 6) is 0.744. The Labute approximate surface area is 117 Å². The molecule has 0 saturated heterocycles. The van der Waals surface area contributed by atoms with Gasteiger partial charge in [-0.15, -0.1) is 0 Å². The molecule has 1 aromatic carbocycles. The number of hydrogen-bond donors (Lipinski definition) is 2. The lowest BCUT2D eigenvalue weighted by Gasteiger charge is -2.15. The van der Waals surface area contributed by atoms with Crippen LogP contribution in [0.3, 0.4) is 0 Å². The van der Waals surface area contributed by atoms with Gasteiger partial charge in [0.25, 0.3) is 0 Å². The third-order valence-corrected chi connectivity index (χ3v) is 2.95. The first-order chi connectivity index (χ1) is 9.61. The van der Waals surface area contributed by atoms with E-state index < -0.39 is 12.1 Å². The number of nitrogens with one attached hydrogen (secondary N) is 1. The number of rotatable bonds is 7. The van der Waals surface area contributed by atoms with Crippen molar-refractivity contribution in [3.05, 3.63) is 17.7 Å². The number of ether oxygens (including phenoxy) is 3. The van der Waals surface area contributed by atoms with Gasteiger partial charge in [-0.1, -0.05) is 6.92 Å². The lowest BCUT2D eigenvalue weighted by atomic mass is 10.1. The number of aliphatic carboxylic acids is 1. The summed E-state index contributed by atoms with van der Waals surface area (Å²) in [4.78, 5) is 10.9. The molecule has 0 spiro atoms. The Bertz CT molecular complexity index is 489. The summed E-state index contributed by atoms with van der Waals surface area (Å²) in [7, 11) is 0. The minimum atomic E-state index is -1.00. The maximum Gasteiger partial charge on any atom is 0.344 e. The molecule has 0 aromatic heterocycles. The predicted molar refractivity (Wildman–Crippen MR) is 72.3 cm³/mol. The predicted octanol–water partition coefficient (Wildman–Crippen LogP) is 1.77. The van der Waals surface area contributed by atoms with Crippen molar-refractivity contribution in [2.24, 2.45) is 0 Å². The molecule has 1 atom stereocenters. The molecule has 110 valence electrons. The summed E-state index contributed by atoms with van der Waals surface area (Å²) in [5, 5.41) is 12.2. The van der Waals surface area contributed by atoms with Crippen molar-refractivity contribution in [1.29, 1.82) is 0 Å². The Kier molecular flexibility index (Phi) is 4.68. The molecule has 1 aliphatic rings. The minimum absolute atomic E-state index is 0.176. The van der Waals surface area contributed by atoms with Crippen molar-refractivity contribution in [2.75, 3.05) is 13.3 Å². The maximum absolute atomic E-state index is 10.9. The molecule has 2 N–H and O–H groups in total. The average molecular weight is 281 g/mol. The highest BCUT2D eigenvalue weighted by atomic mass is 16.7. The van der Waals surface area contributed by atoms with E-state index in [1.165, 1.54) is 6.92 Å². The normalized spacial score (nSPS) is 14.1. The van der Waals surface area contributed by atoms with Crippen LogP contribution in [-0.2, 0) is 11.3 Å². The summed E-state index contributed by atoms with van der Waals surface area (Å²) >= 11 is 0. The van der Waals surface area contributed by atoms with E-state index in [1.54, 1.807) is 6.07 Å². The van der Waals surface area contributed by atoms with Crippen molar-refractivity contribution in [3.63, 3.8) is 0 Å². The van der Waals surface area contributed by atoms with Crippen molar-refractivity contribution in [1.82, 2.24) is 5.32 Å². The summed E-state index contributed by atoms with van der Waals surface area (Å²) < 4.78 is 16.1. The molecule has 6 heteroatoms. The highest BCUT2D eigenvalue weighted by Gasteiger charge is 2.21. The van der Waals surface area contributed by atoms with Crippen LogP contribution in [0, 0.1) is 0 Å². The Morgan fingerprint density at radius 2 is 2.15 bits per heavy atom. The number of fused-ring (bicyclic) bond motifs is 1. The molecule has 0 saturated carbocycles. The molecule has 0 fully saturated rings. The number of benzene rings is 1. The SMILES string of the molecule is CCCNCc1cc2c(cc1OC(C)C(=O)O)OCO2. The van der Waals surface area contributed by atoms with Crippen LogP contribution in [0.15, 0.2) is 12.1 Å². The molecule has 20 heavy (non-hydrogen) atoms. The smallest absolute Gasteiger partial charge is 0.344 e. The first kappa shape index (κ1) is 14.5. The molecule has 1 aliphatic heterocycles. The second-order valence-corrected chi connectivity index (χ2v) is 4.59. The van der Waals surface area contributed by atoms with E-state index in [-0.39, 0.29) is 6.79 Å². The zero-order valence-corrected chi connectivity index (χ0v) is 11.6. The van der Waals surface area contributed by atoms with E-state index >= 15 is 0 Å². The zero-order valence-electron chi connectivity index (χ0n) is 11.6. The maximum atomic E-state index is 10.9. The van der Waals surface area contributed by atoms with Gasteiger partial charge in [0.1, 0.15) is 5.75 Å². The van der Waals surface area contributed by atoms with Crippen LogP contribution in [-0.4, -0.2) is 30.5 Å². The van der Waals surface area contributed by atoms with Gasteiger partial charge in [-0.25, -0.2) is 4.79 Å². The first-order valence-corrected chi connectivity index (χ1v) is 6.64. The third kappa shape index (κ3) is 3.33. The number of carbonyl (C=O) groups is 1. The van der Waals surface area contributed by atoms with Gasteiger partial charge < -0.3 is 24.6 Å². The summed E-state index contributed by atoms with van der Waals surface area (Å²) in [5.41, 5.74) is 0.857. The quantitative estimate of drug-likeness (QED) is 0.742. The van der Waals surface area contributed by atoms with E-state index in [2.05, 4.69) is 12.2 Å². The molecular weight excluding hydrogens is 262 g/mol. The van der Waals surface area contributed by atoms with Gasteiger partial charge in [0.05, 0.1) is 0 Å². The first-order valence-electron chi connectivity index (χ1n) is 6.64. The fourth-order valence-electron chi connectivity index (χ4n) is 1.85. The van der Waals surface area contributed by atoms with Gasteiger partial charge in [-0.3, -0.25) is 0 Å². The lowest BCUT2D eigenvalue weighted by molar-refractivity contribution is -0.144. The standard InChI is InChI=1S/C14H19NO5/c1-3-4-15-7-10-5-12-13(19-8-18-12)6-11(10)20-9(2)14(16)17/h5-6,9,15H,3-4,7-8H2,1-2H3,(H,16,17). The number of carboxylic acid groups (broad SMARTS) is 1. The molecule has 1 aromatic rings. The fourth-order valence-corrected chi connectivity index (χ4v) is 1.85. The van der Waals surface area contributed by atoms with Crippen LogP contribution in [0.25, 0.3) is 0 Å². The molecule has 0 aliphatic carbocycles. The third-order valence-electron chi connectivity index (χ3n) is 2.95. The van der Waals surface area contributed by atoms with Gasteiger partial charge in [0.2, 0.25) is 6.79 Å². The van der Waals surface area contributed by atoms with Gasteiger partial charge in [-0.05, 0) is 26.0 Å². The largest absolute Gasteiger partial charge is 0.479 e. The van der Waals surface area contributed by atoms with Gasteiger partial charge >= 0.3 is 5.97 Å². The Morgan fingerprint density at radius 1 is 1.45 bits per heavy atom. The number of carboxylic acids is 1. The van der Waals surface area contributed by atoms with Crippen molar-refractivity contribution < 1.29 is 24.1 Å². The van der Waals surface area contributed by atoms with E-state index in [4.69, 9.17) is 19.3 Å². The van der Waals surface area contributed by atoms with Crippen LogP contribution in [0.1, 0.15) is 25.8 Å². The van der Waals surface area contributed by atoms with Gasteiger partial charge in [0.15, 0.2) is 17.6 Å². The van der Waals surface area contributed by atoms with Crippen LogP contribution in [0.2, 0.25) is 0 Å². The van der Waals surface area contributed by atoms with Crippen molar-refractivity contribution >= 4 is 5.97 Å². The molecule has 2 rings (SSSR count). The summed E-state index contributed by atoms with van der Waals surface area (Å²) in [6.07, 6.45) is 0.104. The Hall–Kier alpha value is -1.95. The molecule has 0 amide bonds. The zero-order chi connectivity index (χ0) is 14.5. The second-order valence-electron chi connectivity index (χ2n) is 4.59. The molecule has 6 nitrogen and oxygen atoms in total. The molecule has 1 heterocycles. The highest BCUT2D eigenvalue weighted by molar-refractivity contribution is 5.72. The van der Waals surface area contributed by atoms with Crippen LogP contribution < -0.4 is 19.5 Å². The minimum Gasteiger partial charge on any atom is -0.479 e. The number of hydrogen-bond acceptors (Lipinski definition) is 5. The Balaban J connectivity index is 2.19. The van der Waals surface area contributed by atoms with E-state index in [1.807, 2.05) is 6.07 Å². The molecule has 0 radical (unpaired) electrons. The molecule has 0 bridgehead atoms. The monoisotopic (exact) mass is 281 g/mol. The topological polar surface area (TPSA) is 77.0 Å². The van der Waals surface area contributed by atoms with Gasteiger partial charge in [0, 0.05) is 18.2 Å². The fraction of sp³-hybridized carbons (Fsp3) is 0.500. The van der Waals surface area contributed by atoms with Crippen molar-refractivity contribution in [3.8, 4) is 17.2 Å². The van der Waals surface area contributed by atoms with Crippen molar-refractivity contribution in [2.45, 2.75) is 32.9 Å². The lowest BCUT2D eigenvalue weighted by Crippen LogP contribution is -2.24. The van der Waals surface area contributed by atoms with Gasteiger partial charge in [-0.2, -0.15) is 0 Å². The van der Waals surface area contributed by atoms with Crippen LogP contribution in [0.5, 0.6) is 17.2 Å². The molecule has 1 unspecified atom stereocenters. The summed E-state index contributed by atoms with van der Waals surface area (Å²) in [6.45, 7) is 5.22. The average Bonchev–Trinajstić information content (AvgIpc) is 2.86. The second kappa shape index (κ2) is 6.47. The summed E-state index contributed by atoms with van der Waals surface area (Å²) in [6, 6.07) is 3.51. The van der Waals surface area contributed by atoms with E-state index in [0.29, 0.717) is 23.8 Å². The Morgan fingerprint density at radius 3 is 2.80 bits per heavy atom.